The number of benzene rings is 1. The van der Waals surface area contributed by atoms with Crippen molar-refractivity contribution >= 4 is 5.91 Å². The van der Waals surface area contributed by atoms with Gasteiger partial charge in [-0.1, -0.05) is 12.1 Å². The first-order valence-electron chi connectivity index (χ1n) is 7.90. The van der Waals surface area contributed by atoms with Crippen LogP contribution in [0.3, 0.4) is 0 Å². The van der Waals surface area contributed by atoms with E-state index in [0.29, 0.717) is 11.5 Å². The van der Waals surface area contributed by atoms with Crippen LogP contribution in [0.1, 0.15) is 17.9 Å². The largest absolute Gasteiger partial charge is 0.485 e. The number of hydrogen-bond donors (Lipinski definition) is 1. The van der Waals surface area contributed by atoms with Crippen LogP contribution in [-0.4, -0.2) is 34.2 Å². The third-order valence-corrected chi connectivity index (χ3v) is 4.26. The predicted octanol–water partition coefficient (Wildman–Crippen LogP) is 1.46. The van der Waals surface area contributed by atoms with Gasteiger partial charge in [-0.15, -0.1) is 0 Å². The fourth-order valence-electron chi connectivity index (χ4n) is 3.15. The van der Waals surface area contributed by atoms with Crippen LogP contribution in [0.25, 0.3) is 0 Å². The lowest BCUT2D eigenvalue weighted by atomic mass is 10.1. The Morgan fingerprint density at radius 1 is 1.35 bits per heavy atom. The van der Waals surface area contributed by atoms with Crippen molar-refractivity contribution in [3.63, 3.8) is 0 Å². The van der Waals surface area contributed by atoms with Crippen molar-refractivity contribution in [2.75, 3.05) is 6.61 Å². The van der Waals surface area contributed by atoms with Gasteiger partial charge in [-0.3, -0.25) is 4.79 Å². The van der Waals surface area contributed by atoms with E-state index in [1.807, 2.05) is 37.4 Å². The smallest absolute Gasteiger partial charge is 0.264 e. The summed E-state index contributed by atoms with van der Waals surface area (Å²) in [4.78, 5) is 16.9. The molecule has 0 radical (unpaired) electrons. The number of amides is 1. The SMILES string of the molecule is Cc1cn2c(n1)CC[C@@H](NC(=O)[C@@H]1COc3ccccc3O1)C2. The van der Waals surface area contributed by atoms with Crippen molar-refractivity contribution in [1.29, 1.82) is 0 Å². The first-order valence-corrected chi connectivity index (χ1v) is 7.90. The van der Waals surface area contributed by atoms with E-state index in [2.05, 4.69) is 14.9 Å². The number of carbonyl (C=O) groups excluding carboxylic acids is 1. The quantitative estimate of drug-likeness (QED) is 0.912. The Morgan fingerprint density at radius 2 is 2.17 bits per heavy atom. The summed E-state index contributed by atoms with van der Waals surface area (Å²) in [6.45, 7) is 2.99. The minimum absolute atomic E-state index is 0.101. The molecule has 1 amide bonds. The van der Waals surface area contributed by atoms with Crippen molar-refractivity contribution in [3.8, 4) is 11.5 Å². The molecule has 6 heteroatoms. The summed E-state index contributed by atoms with van der Waals surface area (Å²) in [5.41, 5.74) is 1.02. The highest BCUT2D eigenvalue weighted by Gasteiger charge is 2.30. The van der Waals surface area contributed by atoms with Gasteiger partial charge in [0.1, 0.15) is 12.4 Å². The standard InChI is InChI=1S/C17H19N3O3/c1-11-8-20-9-12(6-7-16(20)18-11)19-17(21)15-10-22-13-4-2-3-5-14(13)23-15/h2-5,8,12,15H,6-7,9-10H2,1H3,(H,19,21)/t12-,15+/m1/s1. The molecule has 120 valence electrons. The van der Waals surface area contributed by atoms with Gasteiger partial charge in [0.15, 0.2) is 11.5 Å². The number of para-hydroxylation sites is 2. The molecule has 1 aromatic carbocycles. The average molecular weight is 313 g/mol. The summed E-state index contributed by atoms with van der Waals surface area (Å²) < 4.78 is 13.5. The molecule has 1 N–H and O–H groups in total. The Kier molecular flexibility index (Phi) is 3.44. The number of aryl methyl sites for hydroxylation is 2. The van der Waals surface area contributed by atoms with Gasteiger partial charge < -0.3 is 19.4 Å². The number of aromatic nitrogens is 2. The Hall–Kier alpha value is -2.50. The molecule has 23 heavy (non-hydrogen) atoms. The van der Waals surface area contributed by atoms with Crippen LogP contribution < -0.4 is 14.8 Å². The van der Waals surface area contributed by atoms with Gasteiger partial charge in [0.05, 0.1) is 5.69 Å². The fraction of sp³-hybridized carbons (Fsp3) is 0.412. The summed E-state index contributed by atoms with van der Waals surface area (Å²) in [5.74, 6) is 2.28. The van der Waals surface area contributed by atoms with Gasteiger partial charge in [-0.2, -0.15) is 0 Å². The van der Waals surface area contributed by atoms with Crippen LogP contribution in [0, 0.1) is 6.92 Å². The van der Waals surface area contributed by atoms with Gasteiger partial charge in [-0.05, 0) is 25.5 Å². The van der Waals surface area contributed by atoms with E-state index in [1.54, 1.807) is 0 Å². The Morgan fingerprint density at radius 3 is 3.04 bits per heavy atom. The van der Waals surface area contributed by atoms with Gasteiger partial charge >= 0.3 is 0 Å². The molecule has 2 aromatic rings. The predicted molar refractivity (Wildman–Crippen MR) is 83.6 cm³/mol. The molecule has 0 saturated heterocycles. The van der Waals surface area contributed by atoms with Crippen molar-refractivity contribution in [2.24, 2.45) is 0 Å². The Bertz CT molecular complexity index is 740. The molecule has 6 nitrogen and oxygen atoms in total. The molecular formula is C17H19N3O3. The molecule has 0 unspecified atom stereocenters. The molecule has 0 aliphatic carbocycles. The highest BCUT2D eigenvalue weighted by atomic mass is 16.6. The van der Waals surface area contributed by atoms with Crippen molar-refractivity contribution in [2.45, 2.75) is 38.5 Å². The summed E-state index contributed by atoms with van der Waals surface area (Å²) >= 11 is 0. The molecule has 3 heterocycles. The van der Waals surface area contributed by atoms with E-state index in [0.717, 1.165) is 30.9 Å². The van der Waals surface area contributed by atoms with E-state index in [1.165, 1.54) is 0 Å². The number of carbonyl (C=O) groups is 1. The minimum Gasteiger partial charge on any atom is -0.485 e. The molecule has 0 fully saturated rings. The van der Waals surface area contributed by atoms with Crippen molar-refractivity contribution in [3.05, 3.63) is 42.0 Å². The van der Waals surface area contributed by atoms with Crippen LogP contribution in [-0.2, 0) is 17.8 Å². The third kappa shape index (κ3) is 2.76. The first kappa shape index (κ1) is 14.1. The second-order valence-electron chi connectivity index (χ2n) is 6.06. The van der Waals surface area contributed by atoms with Crippen LogP contribution >= 0.6 is 0 Å². The maximum Gasteiger partial charge on any atom is 0.264 e. The molecule has 0 bridgehead atoms. The number of ether oxygens (including phenoxy) is 2. The number of nitrogens with one attached hydrogen (secondary N) is 1. The Labute approximate surface area is 134 Å². The number of nitrogens with zero attached hydrogens (tertiary/aromatic N) is 2. The van der Waals surface area contributed by atoms with Gasteiger partial charge in [0.2, 0.25) is 6.10 Å². The number of imidazole rings is 1. The average Bonchev–Trinajstić information content (AvgIpc) is 2.93. The lowest BCUT2D eigenvalue weighted by Gasteiger charge is -2.29. The molecule has 4 rings (SSSR count). The second-order valence-corrected chi connectivity index (χ2v) is 6.06. The van der Waals surface area contributed by atoms with Crippen LogP contribution in [0.5, 0.6) is 11.5 Å². The van der Waals surface area contributed by atoms with Crippen LogP contribution in [0.2, 0.25) is 0 Å². The summed E-state index contributed by atoms with van der Waals surface area (Å²) in [5, 5.41) is 3.08. The summed E-state index contributed by atoms with van der Waals surface area (Å²) in [6, 6.07) is 7.51. The monoisotopic (exact) mass is 313 g/mol. The molecule has 2 aliphatic rings. The highest BCUT2D eigenvalue weighted by molar-refractivity contribution is 5.82. The zero-order valence-electron chi connectivity index (χ0n) is 13.0. The van der Waals surface area contributed by atoms with E-state index < -0.39 is 6.10 Å². The number of rotatable bonds is 2. The normalized spacial score (nSPS) is 22.3. The van der Waals surface area contributed by atoms with Gasteiger partial charge in [0.25, 0.3) is 5.91 Å². The van der Waals surface area contributed by atoms with Crippen molar-refractivity contribution < 1.29 is 14.3 Å². The topological polar surface area (TPSA) is 65.4 Å². The fourth-order valence-corrected chi connectivity index (χ4v) is 3.15. The van der Waals surface area contributed by atoms with E-state index in [4.69, 9.17) is 9.47 Å². The zero-order chi connectivity index (χ0) is 15.8. The molecule has 0 spiro atoms. The van der Waals surface area contributed by atoms with Crippen LogP contribution in [0.4, 0.5) is 0 Å². The summed E-state index contributed by atoms with van der Waals surface area (Å²) in [7, 11) is 0. The molecule has 2 aliphatic heterocycles. The Balaban J connectivity index is 1.39. The van der Waals surface area contributed by atoms with Gasteiger partial charge in [0, 0.05) is 25.2 Å². The van der Waals surface area contributed by atoms with Gasteiger partial charge in [-0.25, -0.2) is 4.98 Å². The lowest BCUT2D eigenvalue weighted by Crippen LogP contribution is -2.49. The maximum absolute atomic E-state index is 12.5. The van der Waals surface area contributed by atoms with Crippen LogP contribution in [0.15, 0.2) is 30.5 Å². The minimum atomic E-state index is -0.601. The zero-order valence-corrected chi connectivity index (χ0v) is 13.0. The molecule has 0 saturated carbocycles. The molecule has 1 aromatic heterocycles. The highest BCUT2D eigenvalue weighted by Crippen LogP contribution is 2.31. The number of fused-ring (bicyclic) bond motifs is 2. The van der Waals surface area contributed by atoms with E-state index in [9.17, 15) is 4.79 Å². The maximum atomic E-state index is 12.5. The summed E-state index contributed by atoms with van der Waals surface area (Å²) in [6.07, 6.45) is 3.20. The second kappa shape index (κ2) is 5.61. The van der Waals surface area contributed by atoms with Crippen molar-refractivity contribution in [1.82, 2.24) is 14.9 Å². The molecular weight excluding hydrogens is 294 g/mol. The number of hydrogen-bond acceptors (Lipinski definition) is 4. The molecule has 2 atom stereocenters. The van der Waals surface area contributed by atoms with E-state index >= 15 is 0 Å². The van der Waals surface area contributed by atoms with E-state index in [-0.39, 0.29) is 18.6 Å². The first-order chi connectivity index (χ1) is 11.2. The lowest BCUT2D eigenvalue weighted by molar-refractivity contribution is -0.131. The third-order valence-electron chi connectivity index (χ3n) is 4.26.